The van der Waals surface area contributed by atoms with Gasteiger partial charge < -0.3 is 4.57 Å². The van der Waals surface area contributed by atoms with Crippen LogP contribution in [-0.2, 0) is 0 Å². The highest BCUT2D eigenvalue weighted by atomic mass is 127. The monoisotopic (exact) mass is 554 g/mol. The van der Waals surface area contributed by atoms with E-state index in [9.17, 15) is 4.39 Å². The van der Waals surface area contributed by atoms with E-state index in [-0.39, 0.29) is 5.82 Å². The minimum Gasteiger partial charge on any atom is -0.309 e. The summed E-state index contributed by atoms with van der Waals surface area (Å²) in [5.74, 6) is -0.229. The topological polar surface area (TPSA) is 8.17 Å². The zero-order valence-electron chi connectivity index (χ0n) is 18.2. The third-order valence-corrected chi connectivity index (χ3v) is 7.28. The highest BCUT2D eigenvalue weighted by Crippen LogP contribution is 2.36. The molecule has 0 fully saturated rings. The van der Waals surface area contributed by atoms with Gasteiger partial charge in [0.2, 0.25) is 0 Å². The smallest absolute Gasteiger partial charge is 0.123 e. The lowest BCUT2D eigenvalue weighted by Crippen LogP contribution is -2.00. The van der Waals surface area contributed by atoms with Crippen molar-refractivity contribution in [2.24, 2.45) is 0 Å². The van der Waals surface area contributed by atoms with Crippen LogP contribution < -0.4 is 3.11 Å². The predicted octanol–water partition coefficient (Wildman–Crippen LogP) is 9.08. The fourth-order valence-corrected chi connectivity index (χ4v) is 5.16. The Kier molecular flexibility index (Phi) is 5.30. The first-order valence-corrected chi connectivity index (χ1v) is 12.1. The van der Waals surface area contributed by atoms with Crippen molar-refractivity contribution in [3.8, 4) is 16.8 Å². The van der Waals surface area contributed by atoms with Gasteiger partial charge >= 0.3 is 0 Å². The molecule has 0 N–H and O–H groups in total. The van der Waals surface area contributed by atoms with Crippen molar-refractivity contribution in [3.05, 3.63) is 127 Å². The SMILES string of the molecule is Fc1ccc(N(I)c2ccc(-c3ccc4c(c3)c3ccccc3n4-c3ccccc3)cc2)cc1. The number of benzene rings is 5. The molecule has 0 unspecified atom stereocenters. The summed E-state index contributed by atoms with van der Waals surface area (Å²) >= 11 is 2.25. The summed E-state index contributed by atoms with van der Waals surface area (Å²) in [5, 5.41) is 2.48. The average molecular weight is 554 g/mol. The predicted molar refractivity (Wildman–Crippen MR) is 149 cm³/mol. The molecule has 0 saturated carbocycles. The molecule has 2 nitrogen and oxygen atoms in total. The lowest BCUT2D eigenvalue weighted by molar-refractivity contribution is 0.628. The van der Waals surface area contributed by atoms with Crippen molar-refractivity contribution in [2.75, 3.05) is 3.11 Å². The van der Waals surface area contributed by atoms with E-state index in [0.29, 0.717) is 0 Å². The normalized spacial score (nSPS) is 11.2. The molecule has 0 radical (unpaired) electrons. The van der Waals surface area contributed by atoms with Gasteiger partial charge in [0, 0.05) is 16.5 Å². The molecule has 164 valence electrons. The van der Waals surface area contributed by atoms with Gasteiger partial charge in [0.25, 0.3) is 0 Å². The minimum atomic E-state index is -0.229. The third kappa shape index (κ3) is 3.64. The molecular weight excluding hydrogens is 534 g/mol. The van der Waals surface area contributed by atoms with E-state index in [2.05, 4.69) is 118 Å². The summed E-state index contributed by atoms with van der Waals surface area (Å²) < 4.78 is 17.6. The van der Waals surface area contributed by atoms with E-state index in [0.717, 1.165) is 22.6 Å². The molecule has 0 aliphatic heterocycles. The number of anilines is 2. The number of fused-ring (bicyclic) bond motifs is 3. The number of nitrogens with zero attached hydrogens (tertiary/aromatic N) is 2. The maximum absolute atomic E-state index is 13.3. The van der Waals surface area contributed by atoms with E-state index in [1.54, 1.807) is 12.1 Å². The number of para-hydroxylation sites is 2. The molecule has 6 rings (SSSR count). The fourth-order valence-electron chi connectivity index (χ4n) is 4.51. The van der Waals surface area contributed by atoms with Crippen LogP contribution >= 0.6 is 22.9 Å². The van der Waals surface area contributed by atoms with Gasteiger partial charge in [-0.05, 0) is 77.9 Å². The third-order valence-electron chi connectivity index (χ3n) is 6.17. The standard InChI is InChI=1S/C30H20FIN2/c31-23-13-17-26(18-14-23)34(32)25-15-10-21(11-16-25)22-12-19-30-28(20-22)27-8-4-5-9-29(27)33(30)24-6-2-1-3-7-24/h1-20H. The Morgan fingerprint density at radius 1 is 0.559 bits per heavy atom. The summed E-state index contributed by atoms with van der Waals surface area (Å²) in [5.41, 5.74) is 7.87. The molecule has 0 amide bonds. The van der Waals surface area contributed by atoms with Crippen LogP contribution in [0.15, 0.2) is 121 Å². The van der Waals surface area contributed by atoms with Gasteiger partial charge in [-0.2, -0.15) is 0 Å². The summed E-state index contributed by atoms with van der Waals surface area (Å²) in [7, 11) is 0. The Morgan fingerprint density at radius 3 is 1.88 bits per heavy atom. The number of rotatable bonds is 4. The molecule has 6 aromatic rings. The Hall–Kier alpha value is -3.64. The quantitative estimate of drug-likeness (QED) is 0.156. The van der Waals surface area contributed by atoms with Crippen LogP contribution in [0.25, 0.3) is 38.6 Å². The number of hydrogen-bond acceptors (Lipinski definition) is 1. The first-order valence-electron chi connectivity index (χ1n) is 11.1. The lowest BCUT2D eigenvalue weighted by Gasteiger charge is -2.17. The highest BCUT2D eigenvalue weighted by Gasteiger charge is 2.13. The van der Waals surface area contributed by atoms with Crippen LogP contribution in [0.2, 0.25) is 0 Å². The molecule has 1 aromatic heterocycles. The summed E-state index contributed by atoms with van der Waals surface area (Å²) in [4.78, 5) is 0. The first-order chi connectivity index (χ1) is 16.7. The zero-order chi connectivity index (χ0) is 23.1. The molecule has 5 aromatic carbocycles. The van der Waals surface area contributed by atoms with Crippen molar-refractivity contribution in [3.63, 3.8) is 0 Å². The number of halogens is 2. The fraction of sp³-hybridized carbons (Fsp3) is 0. The van der Waals surface area contributed by atoms with Crippen LogP contribution in [-0.4, -0.2) is 4.57 Å². The summed E-state index contributed by atoms with van der Waals surface area (Å²) in [6.45, 7) is 0. The van der Waals surface area contributed by atoms with Gasteiger partial charge in [0.15, 0.2) is 0 Å². The van der Waals surface area contributed by atoms with Gasteiger partial charge in [-0.3, -0.25) is 3.11 Å². The average Bonchev–Trinajstić information content (AvgIpc) is 3.23. The second kappa shape index (κ2) is 8.61. The van der Waals surface area contributed by atoms with Crippen molar-refractivity contribution >= 4 is 56.0 Å². The van der Waals surface area contributed by atoms with Crippen LogP contribution in [0.3, 0.4) is 0 Å². The van der Waals surface area contributed by atoms with E-state index in [1.807, 2.05) is 9.18 Å². The van der Waals surface area contributed by atoms with E-state index >= 15 is 0 Å². The first kappa shape index (κ1) is 20.9. The molecule has 0 saturated heterocycles. The number of aromatic nitrogens is 1. The maximum Gasteiger partial charge on any atom is 0.123 e. The molecule has 34 heavy (non-hydrogen) atoms. The van der Waals surface area contributed by atoms with Gasteiger partial charge in [-0.25, -0.2) is 4.39 Å². The van der Waals surface area contributed by atoms with Crippen molar-refractivity contribution in [1.82, 2.24) is 4.57 Å². The Morgan fingerprint density at radius 2 is 1.15 bits per heavy atom. The van der Waals surface area contributed by atoms with Crippen molar-refractivity contribution < 1.29 is 4.39 Å². The summed E-state index contributed by atoms with van der Waals surface area (Å²) in [6.07, 6.45) is 0. The molecule has 0 aliphatic carbocycles. The van der Waals surface area contributed by atoms with Gasteiger partial charge in [-0.1, -0.05) is 54.6 Å². The second-order valence-corrected chi connectivity index (χ2v) is 9.19. The second-order valence-electron chi connectivity index (χ2n) is 8.22. The maximum atomic E-state index is 13.3. The lowest BCUT2D eigenvalue weighted by atomic mass is 10.0. The van der Waals surface area contributed by atoms with Crippen LogP contribution in [0, 0.1) is 5.82 Å². The van der Waals surface area contributed by atoms with Crippen LogP contribution in [0.1, 0.15) is 0 Å². The van der Waals surface area contributed by atoms with Crippen LogP contribution in [0.5, 0.6) is 0 Å². The van der Waals surface area contributed by atoms with E-state index in [1.165, 1.54) is 39.5 Å². The molecule has 0 atom stereocenters. The van der Waals surface area contributed by atoms with Crippen LogP contribution in [0.4, 0.5) is 15.8 Å². The number of hydrogen-bond donors (Lipinski definition) is 0. The van der Waals surface area contributed by atoms with Crippen molar-refractivity contribution in [1.29, 1.82) is 0 Å². The molecule has 1 heterocycles. The van der Waals surface area contributed by atoms with Gasteiger partial charge in [0.05, 0.1) is 45.3 Å². The van der Waals surface area contributed by atoms with Gasteiger partial charge in [0.1, 0.15) is 5.82 Å². The Balaban J connectivity index is 1.41. The molecule has 4 heteroatoms. The van der Waals surface area contributed by atoms with E-state index < -0.39 is 0 Å². The molecule has 0 spiro atoms. The van der Waals surface area contributed by atoms with E-state index in [4.69, 9.17) is 0 Å². The molecule has 0 aliphatic rings. The Bertz CT molecular complexity index is 1600. The minimum absolute atomic E-state index is 0.229. The zero-order valence-corrected chi connectivity index (χ0v) is 20.4. The van der Waals surface area contributed by atoms with Crippen molar-refractivity contribution in [2.45, 2.75) is 0 Å². The molecule has 0 bridgehead atoms. The summed E-state index contributed by atoms with van der Waals surface area (Å²) in [6, 6.07) is 40.8. The molecular formula is C30H20FIN2. The largest absolute Gasteiger partial charge is 0.309 e. The Labute approximate surface area is 211 Å². The van der Waals surface area contributed by atoms with Gasteiger partial charge in [-0.15, -0.1) is 0 Å². The highest BCUT2D eigenvalue weighted by molar-refractivity contribution is 14.1.